The fraction of sp³-hybridized carbons (Fsp3) is 0.667. The van der Waals surface area contributed by atoms with Gasteiger partial charge in [0.25, 0.3) is 0 Å². The summed E-state index contributed by atoms with van der Waals surface area (Å²) >= 11 is 0. The Balaban J connectivity index is 0.000000921. The van der Waals surface area contributed by atoms with E-state index in [9.17, 15) is 4.79 Å². The molecule has 1 aliphatic heterocycles. The predicted octanol–water partition coefficient (Wildman–Crippen LogP) is -1.23. The molecular formula is C12H23N3O6. The van der Waals surface area contributed by atoms with Crippen LogP contribution in [-0.4, -0.2) is 49.2 Å². The zero-order valence-corrected chi connectivity index (χ0v) is 12.3. The van der Waals surface area contributed by atoms with Crippen molar-refractivity contribution in [2.45, 2.75) is 45.0 Å². The predicted molar refractivity (Wildman–Crippen MR) is 74.9 cm³/mol. The van der Waals surface area contributed by atoms with E-state index in [-0.39, 0.29) is 12.2 Å². The Bertz CT molecular complexity index is 471. The van der Waals surface area contributed by atoms with Gasteiger partial charge >= 0.3 is 11.7 Å². The molecule has 2 atom stereocenters. The molecule has 0 amide bonds. The van der Waals surface area contributed by atoms with Gasteiger partial charge in [-0.25, -0.2) is 4.79 Å². The molecule has 9 heteroatoms. The Morgan fingerprint density at radius 1 is 1.33 bits per heavy atom. The van der Waals surface area contributed by atoms with Crippen LogP contribution in [0.5, 0.6) is 0 Å². The minimum atomic E-state index is -2.90. The first-order valence-corrected chi connectivity index (χ1v) is 6.50. The molecule has 2 heterocycles. The van der Waals surface area contributed by atoms with Crippen molar-refractivity contribution < 1.29 is 25.2 Å². The zero-order chi connectivity index (χ0) is 16.6. The summed E-state index contributed by atoms with van der Waals surface area (Å²) in [5.74, 6) is -2.80. The van der Waals surface area contributed by atoms with E-state index < -0.39 is 24.0 Å². The molecule has 6 N–H and O–H groups in total. The second kappa shape index (κ2) is 8.70. The lowest BCUT2D eigenvalue weighted by molar-refractivity contribution is -0.360. The van der Waals surface area contributed by atoms with Gasteiger partial charge in [0.2, 0.25) is 0 Å². The zero-order valence-electron chi connectivity index (χ0n) is 12.3. The third kappa shape index (κ3) is 5.40. The molecule has 0 aromatic carbocycles. The maximum absolute atomic E-state index is 11.5. The Morgan fingerprint density at radius 3 is 2.33 bits per heavy atom. The van der Waals surface area contributed by atoms with Crippen LogP contribution in [-0.2, 0) is 4.74 Å². The van der Waals surface area contributed by atoms with Crippen molar-refractivity contribution >= 4 is 5.82 Å². The van der Waals surface area contributed by atoms with Crippen molar-refractivity contribution in [1.82, 2.24) is 9.55 Å². The van der Waals surface area contributed by atoms with Crippen molar-refractivity contribution in [1.29, 1.82) is 0 Å². The number of aliphatic hydroxyl groups is 4. The molecule has 1 aromatic rings. The first-order chi connectivity index (χ1) is 9.88. The van der Waals surface area contributed by atoms with E-state index in [1.54, 1.807) is 0 Å². The van der Waals surface area contributed by atoms with Gasteiger partial charge in [-0.1, -0.05) is 13.8 Å². The molecule has 1 saturated heterocycles. The summed E-state index contributed by atoms with van der Waals surface area (Å²) in [6.07, 6.45) is 0.138. The number of ether oxygens (including phenoxy) is 1. The van der Waals surface area contributed by atoms with Gasteiger partial charge in [0, 0.05) is 13.3 Å². The van der Waals surface area contributed by atoms with E-state index in [0.717, 1.165) is 7.11 Å². The number of nitrogen functional groups attached to an aromatic ring is 1. The smallest absolute Gasteiger partial charge is 0.351 e. The number of nitrogens with zero attached hydrogens (tertiary/aromatic N) is 2. The molecule has 1 fully saturated rings. The van der Waals surface area contributed by atoms with E-state index in [0.29, 0.717) is 6.42 Å². The molecule has 9 nitrogen and oxygen atoms in total. The largest absolute Gasteiger partial charge is 0.400 e. The lowest BCUT2D eigenvalue weighted by Crippen LogP contribution is -2.42. The highest BCUT2D eigenvalue weighted by atomic mass is 16.7. The molecule has 2 unspecified atom stereocenters. The standard InChI is InChI=1S/C9H13N3O5.C2H6.CH4O/c10-6-3-4-12(8(13)11-6)7-2-1-5(17-7)9(14,15)16;2*1-2/h3-5,7,14-16H,1-2H2,(H2,10,11,13);1-2H3;2H,1H3. The minimum Gasteiger partial charge on any atom is -0.400 e. The van der Waals surface area contributed by atoms with Gasteiger partial charge in [0.05, 0.1) is 0 Å². The first-order valence-electron chi connectivity index (χ1n) is 6.50. The molecule has 0 bridgehead atoms. The van der Waals surface area contributed by atoms with Crippen LogP contribution in [0.3, 0.4) is 0 Å². The lowest BCUT2D eigenvalue weighted by atomic mass is 10.2. The highest BCUT2D eigenvalue weighted by Crippen LogP contribution is 2.31. The van der Waals surface area contributed by atoms with E-state index in [4.69, 9.17) is 30.9 Å². The Labute approximate surface area is 122 Å². The number of rotatable bonds is 2. The maximum Gasteiger partial charge on any atom is 0.351 e. The van der Waals surface area contributed by atoms with Crippen molar-refractivity contribution in [2.24, 2.45) is 0 Å². The van der Waals surface area contributed by atoms with Crippen molar-refractivity contribution in [3.63, 3.8) is 0 Å². The molecule has 1 aliphatic rings. The van der Waals surface area contributed by atoms with E-state index >= 15 is 0 Å². The van der Waals surface area contributed by atoms with Gasteiger partial charge in [-0.3, -0.25) is 4.57 Å². The van der Waals surface area contributed by atoms with Crippen LogP contribution < -0.4 is 11.4 Å². The summed E-state index contributed by atoms with van der Waals surface area (Å²) in [6.45, 7) is 4.00. The Hall–Kier alpha value is -1.52. The van der Waals surface area contributed by atoms with Gasteiger partial charge in [0.15, 0.2) is 0 Å². The van der Waals surface area contributed by atoms with Crippen LogP contribution in [0.4, 0.5) is 5.82 Å². The number of hydrogen-bond donors (Lipinski definition) is 5. The van der Waals surface area contributed by atoms with Crippen molar-refractivity contribution in [2.75, 3.05) is 12.8 Å². The van der Waals surface area contributed by atoms with Crippen molar-refractivity contribution in [3.05, 3.63) is 22.7 Å². The third-order valence-corrected chi connectivity index (χ3v) is 2.59. The van der Waals surface area contributed by atoms with Crippen LogP contribution in [0.1, 0.15) is 32.9 Å². The summed E-state index contributed by atoms with van der Waals surface area (Å²) in [5, 5.41) is 33.9. The number of anilines is 1. The molecule has 0 spiro atoms. The SMILES string of the molecule is CC.CO.Nc1ccn(C2CCC(C(O)(O)O)O2)c(=O)n1. The average molecular weight is 305 g/mol. The fourth-order valence-electron chi connectivity index (χ4n) is 1.75. The number of aliphatic hydroxyl groups excluding tert-OH is 1. The maximum atomic E-state index is 11.5. The van der Waals surface area contributed by atoms with E-state index in [2.05, 4.69) is 4.98 Å². The molecule has 0 radical (unpaired) electrons. The summed E-state index contributed by atoms with van der Waals surface area (Å²) in [5.41, 5.74) is 4.75. The summed E-state index contributed by atoms with van der Waals surface area (Å²) in [7, 11) is 1.00. The molecule has 21 heavy (non-hydrogen) atoms. The van der Waals surface area contributed by atoms with Crippen molar-refractivity contribution in [3.8, 4) is 0 Å². The second-order valence-corrected chi connectivity index (χ2v) is 3.89. The van der Waals surface area contributed by atoms with Crippen LogP contribution in [0, 0.1) is 0 Å². The second-order valence-electron chi connectivity index (χ2n) is 3.89. The summed E-state index contributed by atoms with van der Waals surface area (Å²) in [6, 6.07) is 1.43. The third-order valence-electron chi connectivity index (χ3n) is 2.59. The highest BCUT2D eigenvalue weighted by molar-refractivity contribution is 5.23. The molecule has 2 rings (SSSR count). The Kier molecular flexibility index (Phi) is 8.07. The van der Waals surface area contributed by atoms with Crippen LogP contribution in [0.2, 0.25) is 0 Å². The topological polar surface area (TPSA) is 151 Å². The molecule has 1 aromatic heterocycles. The quantitative estimate of drug-likeness (QED) is 0.426. The van der Waals surface area contributed by atoms with Gasteiger partial charge in [0.1, 0.15) is 18.1 Å². The van der Waals surface area contributed by atoms with Crippen LogP contribution >= 0.6 is 0 Å². The molecule has 122 valence electrons. The highest BCUT2D eigenvalue weighted by Gasteiger charge is 2.40. The average Bonchev–Trinajstić information content (AvgIpc) is 2.93. The lowest BCUT2D eigenvalue weighted by Gasteiger charge is -2.22. The van der Waals surface area contributed by atoms with E-state index in [1.165, 1.54) is 16.8 Å². The monoisotopic (exact) mass is 305 g/mol. The number of nitrogens with two attached hydrogens (primary N) is 1. The summed E-state index contributed by atoms with van der Waals surface area (Å²) < 4.78 is 6.35. The number of hydrogen-bond acceptors (Lipinski definition) is 8. The molecule has 0 saturated carbocycles. The van der Waals surface area contributed by atoms with Gasteiger partial charge in [-0.05, 0) is 18.9 Å². The molecule has 0 aliphatic carbocycles. The summed E-state index contributed by atoms with van der Waals surface area (Å²) in [4.78, 5) is 15.0. The first kappa shape index (κ1) is 19.5. The van der Waals surface area contributed by atoms with Gasteiger partial charge in [-0.2, -0.15) is 4.98 Å². The van der Waals surface area contributed by atoms with Gasteiger partial charge in [-0.15, -0.1) is 0 Å². The Morgan fingerprint density at radius 2 is 1.90 bits per heavy atom. The minimum absolute atomic E-state index is 0.0987. The van der Waals surface area contributed by atoms with Gasteiger partial charge < -0.3 is 30.9 Å². The van der Waals surface area contributed by atoms with E-state index in [1.807, 2.05) is 13.8 Å². The number of aromatic nitrogens is 2. The molecular weight excluding hydrogens is 282 g/mol. The van der Waals surface area contributed by atoms with Crippen LogP contribution in [0.15, 0.2) is 17.1 Å². The normalized spacial score (nSPS) is 20.9. The fourth-order valence-corrected chi connectivity index (χ4v) is 1.75. The van der Waals surface area contributed by atoms with Crippen LogP contribution in [0.25, 0.3) is 0 Å².